The SMILES string of the molecule is CCC1=[C]([Hf]2([CH]3c4ccccc4-c4ccccc43)[CH2][CH2]2)C(CC)C=C1. The monoisotopic (exact) mass is 494 g/mol. The molecular weight excluding hydrogens is 467 g/mol. The van der Waals surface area contributed by atoms with Crippen LogP contribution in [0.2, 0.25) is 8.35 Å². The molecule has 0 amide bonds. The second-order valence-corrected chi connectivity index (χ2v) is 23.8. The van der Waals surface area contributed by atoms with Gasteiger partial charge in [-0.05, 0) is 0 Å². The van der Waals surface area contributed by atoms with Crippen LogP contribution in [0.25, 0.3) is 11.1 Å². The van der Waals surface area contributed by atoms with Crippen molar-refractivity contribution < 1.29 is 20.0 Å². The average Bonchev–Trinajstić information content (AvgIpc) is 3.21. The topological polar surface area (TPSA) is 0 Å². The van der Waals surface area contributed by atoms with E-state index in [1.54, 1.807) is 25.1 Å². The molecule has 0 bridgehead atoms. The zero-order valence-corrected chi connectivity index (χ0v) is 18.8. The van der Waals surface area contributed by atoms with Crippen LogP contribution < -0.4 is 0 Å². The van der Waals surface area contributed by atoms with Crippen molar-refractivity contribution in [2.45, 2.75) is 38.7 Å². The molecule has 1 unspecified atom stereocenters. The number of fused-ring (bicyclic) bond motifs is 3. The zero-order chi connectivity index (χ0) is 17.0. The molecule has 0 radical (unpaired) electrons. The van der Waals surface area contributed by atoms with Gasteiger partial charge in [0.25, 0.3) is 0 Å². The van der Waals surface area contributed by atoms with Gasteiger partial charge in [0, 0.05) is 0 Å². The van der Waals surface area contributed by atoms with Gasteiger partial charge in [-0.3, -0.25) is 0 Å². The van der Waals surface area contributed by atoms with Crippen LogP contribution in [0.15, 0.2) is 69.6 Å². The molecule has 2 aromatic rings. The summed E-state index contributed by atoms with van der Waals surface area (Å²) >= 11 is -2.52. The van der Waals surface area contributed by atoms with Gasteiger partial charge in [-0.1, -0.05) is 0 Å². The molecule has 1 aliphatic heterocycles. The molecule has 1 heterocycles. The summed E-state index contributed by atoms with van der Waals surface area (Å²) in [5, 5.41) is 0. The van der Waals surface area contributed by atoms with Crippen molar-refractivity contribution in [3.05, 3.63) is 80.7 Å². The van der Waals surface area contributed by atoms with Crippen LogP contribution in [0.1, 0.15) is 41.5 Å². The minimum atomic E-state index is -2.52. The number of allylic oxidation sites excluding steroid dienone is 4. The van der Waals surface area contributed by atoms with E-state index in [1.165, 1.54) is 24.0 Å². The van der Waals surface area contributed by atoms with Gasteiger partial charge in [-0.15, -0.1) is 0 Å². The van der Waals surface area contributed by atoms with E-state index >= 15 is 0 Å². The molecule has 0 aromatic heterocycles. The summed E-state index contributed by atoms with van der Waals surface area (Å²) in [5.74, 6) is 0.749. The normalized spacial score (nSPS) is 23.0. The Morgan fingerprint density at radius 3 is 2.00 bits per heavy atom. The van der Waals surface area contributed by atoms with Crippen LogP contribution >= 0.6 is 0 Å². The molecule has 0 N–H and O–H groups in total. The Kier molecular flexibility index (Phi) is 3.78. The van der Waals surface area contributed by atoms with Crippen molar-refractivity contribution in [1.29, 1.82) is 0 Å². The van der Waals surface area contributed by atoms with Gasteiger partial charge in [-0.2, -0.15) is 0 Å². The third kappa shape index (κ3) is 2.21. The molecule has 0 saturated carbocycles. The molecule has 126 valence electrons. The quantitative estimate of drug-likeness (QED) is 0.402. The molecular formula is C24H26Hf. The van der Waals surface area contributed by atoms with E-state index in [0.717, 1.165) is 9.59 Å². The molecule has 1 heteroatoms. The van der Waals surface area contributed by atoms with Crippen molar-refractivity contribution in [1.82, 2.24) is 0 Å². The molecule has 3 aliphatic rings. The van der Waals surface area contributed by atoms with E-state index in [0.29, 0.717) is 0 Å². The third-order valence-electron chi connectivity index (χ3n) is 6.78. The van der Waals surface area contributed by atoms with Crippen molar-refractivity contribution in [3.8, 4) is 11.1 Å². The fraction of sp³-hybridized carbons (Fsp3) is 0.333. The Morgan fingerprint density at radius 1 is 0.880 bits per heavy atom. The number of benzene rings is 2. The van der Waals surface area contributed by atoms with Gasteiger partial charge in [-0.25, -0.2) is 0 Å². The fourth-order valence-corrected chi connectivity index (χ4v) is 32.7. The van der Waals surface area contributed by atoms with E-state index in [2.05, 4.69) is 74.5 Å². The van der Waals surface area contributed by atoms with Gasteiger partial charge in [0.05, 0.1) is 0 Å². The molecule has 0 spiro atoms. The van der Waals surface area contributed by atoms with E-state index < -0.39 is 20.0 Å². The zero-order valence-electron chi connectivity index (χ0n) is 15.3. The van der Waals surface area contributed by atoms with Gasteiger partial charge in [0.15, 0.2) is 0 Å². The van der Waals surface area contributed by atoms with Crippen LogP contribution in [-0.2, 0) is 20.0 Å². The van der Waals surface area contributed by atoms with Crippen LogP contribution in [0.3, 0.4) is 0 Å². The van der Waals surface area contributed by atoms with Crippen LogP contribution in [0.5, 0.6) is 0 Å². The Balaban J connectivity index is 1.71. The van der Waals surface area contributed by atoms with Crippen LogP contribution in [-0.4, -0.2) is 0 Å². The predicted molar refractivity (Wildman–Crippen MR) is 104 cm³/mol. The van der Waals surface area contributed by atoms with Crippen LogP contribution in [0.4, 0.5) is 0 Å². The maximum absolute atomic E-state index is 2.53. The Labute approximate surface area is 156 Å². The summed E-state index contributed by atoms with van der Waals surface area (Å²) in [4.78, 5) is 0. The second-order valence-electron chi connectivity index (χ2n) is 7.93. The molecule has 1 fully saturated rings. The first-order valence-electron chi connectivity index (χ1n) is 9.90. The summed E-state index contributed by atoms with van der Waals surface area (Å²) in [6.07, 6.45) is 7.52. The predicted octanol–water partition coefficient (Wildman–Crippen LogP) is 7.02. The molecule has 0 nitrogen and oxygen atoms in total. The van der Waals surface area contributed by atoms with Gasteiger partial charge >= 0.3 is 156 Å². The summed E-state index contributed by atoms with van der Waals surface area (Å²) in [7, 11) is 0. The molecule has 2 aromatic carbocycles. The molecule has 1 atom stereocenters. The first kappa shape index (κ1) is 16.0. The van der Waals surface area contributed by atoms with Gasteiger partial charge < -0.3 is 0 Å². The van der Waals surface area contributed by atoms with E-state index in [-0.39, 0.29) is 0 Å². The summed E-state index contributed by atoms with van der Waals surface area (Å²) < 4.78 is 5.90. The fourth-order valence-electron chi connectivity index (χ4n) is 5.59. The summed E-state index contributed by atoms with van der Waals surface area (Å²) in [6.45, 7) is 4.74. The van der Waals surface area contributed by atoms with E-state index in [9.17, 15) is 0 Å². The number of hydrogen-bond acceptors (Lipinski definition) is 0. The average molecular weight is 493 g/mol. The Bertz CT molecular complexity index is 852. The molecule has 25 heavy (non-hydrogen) atoms. The Hall–Kier alpha value is -1.21. The summed E-state index contributed by atoms with van der Waals surface area (Å²) in [6, 6.07) is 18.6. The van der Waals surface area contributed by atoms with E-state index in [1.807, 2.05) is 3.33 Å². The second kappa shape index (κ2) is 5.91. The number of rotatable bonds is 4. The van der Waals surface area contributed by atoms with Crippen molar-refractivity contribution in [2.75, 3.05) is 0 Å². The van der Waals surface area contributed by atoms with E-state index in [4.69, 9.17) is 0 Å². The summed E-state index contributed by atoms with van der Waals surface area (Å²) in [5.41, 5.74) is 8.08. The van der Waals surface area contributed by atoms with Gasteiger partial charge in [0.1, 0.15) is 0 Å². The molecule has 5 rings (SSSR count). The minimum absolute atomic E-state index is 0.749. The van der Waals surface area contributed by atoms with Crippen LogP contribution in [0, 0.1) is 5.92 Å². The molecule has 1 saturated heterocycles. The third-order valence-corrected chi connectivity index (χ3v) is 25.0. The van der Waals surface area contributed by atoms with Crippen molar-refractivity contribution in [2.24, 2.45) is 5.92 Å². The standard InChI is InChI=1S/C13H9.C9H13.C2H4.Hf/c1-3-7-12-10(5-1)9-11-6-2-4-8-13(11)12;1-3-8-5-6-9(4-2)7-8;1-2;/h1-9H;5-6,8H,3-4H2,1-2H3;1-2H2;. The number of hydrogen-bond donors (Lipinski definition) is 0. The Morgan fingerprint density at radius 2 is 1.48 bits per heavy atom. The van der Waals surface area contributed by atoms with Crippen molar-refractivity contribution in [3.63, 3.8) is 0 Å². The first-order chi connectivity index (χ1) is 12.3. The molecule has 2 aliphatic carbocycles. The van der Waals surface area contributed by atoms with Gasteiger partial charge in [0.2, 0.25) is 0 Å². The van der Waals surface area contributed by atoms with Crippen molar-refractivity contribution >= 4 is 0 Å². The maximum atomic E-state index is 2.53. The first-order valence-corrected chi connectivity index (χ1v) is 18.8.